The van der Waals surface area contributed by atoms with Crippen LogP contribution in [0.4, 0.5) is 10.5 Å². The second-order valence-corrected chi connectivity index (χ2v) is 12.5. The number of alkyl carbamates (subject to hydrolysis) is 1. The Bertz CT molecular complexity index is 1170. The number of amides is 2. The number of hydrogen-bond donors (Lipinski definition) is 2. The number of hydrogen-bond acceptors (Lipinski definition) is 5. The Morgan fingerprint density at radius 2 is 2.00 bits per heavy atom. The van der Waals surface area contributed by atoms with Crippen molar-refractivity contribution >= 4 is 72.5 Å². The Morgan fingerprint density at radius 1 is 1.27 bits per heavy atom. The SMILES string of the molecule is Cc1c(NC(=O)C(Cc2cc(Br)sc2Br)NC(=O)OC(C)(C)C)cnn1-c1cccc(Cl)c1. The zero-order chi connectivity index (χ0) is 24.3. The van der Waals surface area contributed by atoms with Crippen molar-refractivity contribution in [2.24, 2.45) is 0 Å². The molecule has 3 aromatic rings. The molecule has 2 amide bonds. The van der Waals surface area contributed by atoms with Gasteiger partial charge in [0.05, 0.1) is 30.8 Å². The number of rotatable bonds is 6. The molecule has 1 aromatic carbocycles. The molecule has 0 radical (unpaired) electrons. The van der Waals surface area contributed by atoms with Crippen LogP contribution in [0.2, 0.25) is 5.02 Å². The van der Waals surface area contributed by atoms with Gasteiger partial charge >= 0.3 is 6.09 Å². The predicted octanol–water partition coefficient (Wildman–Crippen LogP) is 6.50. The Hall–Kier alpha value is -1.88. The molecule has 0 bridgehead atoms. The van der Waals surface area contributed by atoms with Crippen molar-refractivity contribution in [2.45, 2.75) is 45.8 Å². The van der Waals surface area contributed by atoms with Crippen molar-refractivity contribution < 1.29 is 14.3 Å². The first-order chi connectivity index (χ1) is 15.4. The van der Waals surface area contributed by atoms with E-state index in [0.29, 0.717) is 10.7 Å². The van der Waals surface area contributed by atoms with Crippen LogP contribution in [0.15, 0.2) is 44.1 Å². The highest BCUT2D eigenvalue weighted by Gasteiger charge is 2.27. The zero-order valence-corrected chi connectivity index (χ0v) is 23.2. The van der Waals surface area contributed by atoms with E-state index in [9.17, 15) is 9.59 Å². The Morgan fingerprint density at radius 3 is 2.61 bits per heavy atom. The van der Waals surface area contributed by atoms with Crippen molar-refractivity contribution in [3.63, 3.8) is 0 Å². The van der Waals surface area contributed by atoms with Crippen molar-refractivity contribution in [1.82, 2.24) is 15.1 Å². The summed E-state index contributed by atoms with van der Waals surface area (Å²) < 4.78 is 8.84. The number of carbonyl (C=O) groups is 2. The highest BCUT2D eigenvalue weighted by atomic mass is 79.9. The summed E-state index contributed by atoms with van der Waals surface area (Å²) in [4.78, 5) is 25.7. The van der Waals surface area contributed by atoms with Crippen LogP contribution in [0.3, 0.4) is 0 Å². The first-order valence-electron chi connectivity index (χ1n) is 9.97. The molecule has 1 unspecified atom stereocenters. The van der Waals surface area contributed by atoms with Crippen LogP contribution in [-0.4, -0.2) is 33.4 Å². The first kappa shape index (κ1) is 25.7. The largest absolute Gasteiger partial charge is 0.444 e. The molecular weight excluding hydrogens is 596 g/mol. The Balaban J connectivity index is 1.82. The number of nitrogens with one attached hydrogen (secondary N) is 2. The molecule has 2 N–H and O–H groups in total. The van der Waals surface area contributed by atoms with Crippen molar-refractivity contribution in [3.05, 3.63) is 60.4 Å². The van der Waals surface area contributed by atoms with Crippen LogP contribution in [0.1, 0.15) is 32.0 Å². The van der Waals surface area contributed by atoms with Gasteiger partial charge in [0.25, 0.3) is 0 Å². The van der Waals surface area contributed by atoms with Crippen molar-refractivity contribution in [3.8, 4) is 5.69 Å². The average Bonchev–Trinajstić information content (AvgIpc) is 3.21. The standard InChI is InChI=1S/C22H23Br2ClN4O3S/c1-12-17(11-26-29(12)15-7-5-6-14(25)10-15)27-20(30)16(28-21(31)32-22(2,3)4)8-13-9-18(23)33-19(13)24/h5-7,9-11,16H,8H2,1-4H3,(H,27,30)(H,28,31). The van der Waals surface area contributed by atoms with Gasteiger partial charge < -0.3 is 15.4 Å². The van der Waals surface area contributed by atoms with Gasteiger partial charge in [-0.15, -0.1) is 11.3 Å². The van der Waals surface area contributed by atoms with Gasteiger partial charge in [-0.1, -0.05) is 17.7 Å². The lowest BCUT2D eigenvalue weighted by atomic mass is 10.1. The highest BCUT2D eigenvalue weighted by Crippen LogP contribution is 2.33. The van der Waals surface area contributed by atoms with Crippen LogP contribution < -0.4 is 10.6 Å². The molecule has 0 aliphatic carbocycles. The number of ether oxygens (including phenoxy) is 1. The third-order valence-electron chi connectivity index (χ3n) is 4.48. The van der Waals surface area contributed by atoms with E-state index in [1.54, 1.807) is 43.8 Å². The number of aromatic nitrogens is 2. The van der Waals surface area contributed by atoms with Crippen LogP contribution in [0.25, 0.3) is 5.69 Å². The quantitative estimate of drug-likeness (QED) is 0.331. The van der Waals surface area contributed by atoms with Crippen LogP contribution in [0, 0.1) is 6.92 Å². The minimum atomic E-state index is -0.869. The second-order valence-electron chi connectivity index (χ2n) is 8.28. The number of halogens is 3. The molecule has 2 aromatic heterocycles. The smallest absolute Gasteiger partial charge is 0.408 e. The summed E-state index contributed by atoms with van der Waals surface area (Å²) in [6.07, 6.45) is 1.17. The molecule has 0 saturated carbocycles. The maximum atomic E-state index is 13.2. The number of carbonyl (C=O) groups excluding carboxylic acids is 2. The van der Waals surface area contributed by atoms with Crippen LogP contribution >= 0.6 is 54.8 Å². The van der Waals surface area contributed by atoms with E-state index in [1.807, 2.05) is 25.1 Å². The fourth-order valence-electron chi connectivity index (χ4n) is 3.01. The summed E-state index contributed by atoms with van der Waals surface area (Å²) >= 11 is 14.6. The minimum absolute atomic E-state index is 0.273. The number of nitrogens with zero attached hydrogens (tertiary/aromatic N) is 2. The lowest BCUT2D eigenvalue weighted by Crippen LogP contribution is -2.47. The third kappa shape index (κ3) is 7.05. The first-order valence-corrected chi connectivity index (χ1v) is 12.8. The van der Waals surface area contributed by atoms with E-state index >= 15 is 0 Å². The van der Waals surface area contributed by atoms with E-state index in [2.05, 4.69) is 47.6 Å². The lowest BCUT2D eigenvalue weighted by Gasteiger charge is -2.23. The maximum Gasteiger partial charge on any atom is 0.408 e. The number of thiophene rings is 1. The topological polar surface area (TPSA) is 85.2 Å². The summed E-state index contributed by atoms with van der Waals surface area (Å²) in [5.74, 6) is -0.385. The van der Waals surface area contributed by atoms with Gasteiger partial charge in [-0.05, 0) is 89.4 Å². The molecule has 0 fully saturated rings. The van der Waals surface area contributed by atoms with Gasteiger partial charge in [0.1, 0.15) is 11.6 Å². The third-order valence-corrected chi connectivity index (χ3v) is 7.18. The Kier molecular flexibility index (Phi) is 8.26. The molecular formula is C22H23Br2ClN4O3S. The van der Waals surface area contributed by atoms with Gasteiger partial charge in [-0.3, -0.25) is 4.79 Å². The molecule has 0 aliphatic rings. The summed E-state index contributed by atoms with van der Waals surface area (Å²) in [6, 6.07) is 8.30. The van der Waals surface area contributed by atoms with Gasteiger partial charge in [0.15, 0.2) is 0 Å². The predicted molar refractivity (Wildman–Crippen MR) is 139 cm³/mol. The molecule has 11 heteroatoms. The molecule has 7 nitrogen and oxygen atoms in total. The number of benzene rings is 1. The number of anilines is 1. The molecule has 0 aliphatic heterocycles. The maximum absolute atomic E-state index is 13.2. The Labute approximate surface area is 218 Å². The molecule has 2 heterocycles. The molecule has 33 heavy (non-hydrogen) atoms. The van der Waals surface area contributed by atoms with Crippen molar-refractivity contribution in [1.29, 1.82) is 0 Å². The van der Waals surface area contributed by atoms with Crippen LogP contribution in [-0.2, 0) is 16.0 Å². The normalized spacial score (nSPS) is 12.3. The van der Waals surface area contributed by atoms with E-state index < -0.39 is 17.7 Å². The lowest BCUT2D eigenvalue weighted by molar-refractivity contribution is -0.118. The second kappa shape index (κ2) is 10.6. The van der Waals surface area contributed by atoms with Gasteiger partial charge in [0, 0.05) is 11.4 Å². The monoisotopic (exact) mass is 616 g/mol. The van der Waals surface area contributed by atoms with Gasteiger partial charge in [-0.2, -0.15) is 5.10 Å². The van der Waals surface area contributed by atoms with E-state index in [4.69, 9.17) is 16.3 Å². The molecule has 0 spiro atoms. The fraction of sp³-hybridized carbons (Fsp3) is 0.318. The zero-order valence-electron chi connectivity index (χ0n) is 18.4. The molecule has 176 valence electrons. The fourth-order valence-corrected chi connectivity index (χ4v) is 6.06. The summed E-state index contributed by atoms with van der Waals surface area (Å²) in [5, 5.41) is 10.5. The molecule has 0 saturated heterocycles. The average molecular weight is 619 g/mol. The van der Waals surface area contributed by atoms with Gasteiger partial charge in [-0.25, -0.2) is 9.48 Å². The van der Waals surface area contributed by atoms with Crippen molar-refractivity contribution in [2.75, 3.05) is 5.32 Å². The summed E-state index contributed by atoms with van der Waals surface area (Å²) in [6.45, 7) is 7.14. The minimum Gasteiger partial charge on any atom is -0.444 e. The summed E-state index contributed by atoms with van der Waals surface area (Å²) in [7, 11) is 0. The van der Waals surface area contributed by atoms with E-state index in [-0.39, 0.29) is 12.3 Å². The van der Waals surface area contributed by atoms with E-state index in [1.165, 1.54) is 11.3 Å². The van der Waals surface area contributed by atoms with Crippen LogP contribution in [0.5, 0.6) is 0 Å². The van der Waals surface area contributed by atoms with Gasteiger partial charge in [0.2, 0.25) is 5.91 Å². The van der Waals surface area contributed by atoms with E-state index in [0.717, 1.165) is 24.5 Å². The molecule has 3 rings (SSSR count). The highest BCUT2D eigenvalue weighted by molar-refractivity contribution is 9.12. The summed E-state index contributed by atoms with van der Waals surface area (Å²) in [5.41, 5.74) is 2.22. The molecule has 1 atom stereocenters.